The summed E-state index contributed by atoms with van der Waals surface area (Å²) < 4.78 is 16.3. The first-order chi connectivity index (χ1) is 14.5. The van der Waals surface area contributed by atoms with E-state index in [-0.39, 0.29) is 27.7 Å². The number of fused-ring (bicyclic) bond motifs is 1. The normalized spacial score (nSPS) is 10.7. The zero-order valence-electron chi connectivity index (χ0n) is 16.1. The first-order valence-electron chi connectivity index (χ1n) is 9.25. The fraction of sp³-hybridized carbons (Fsp3) is 0.0833. The summed E-state index contributed by atoms with van der Waals surface area (Å²) >= 11 is 0. The van der Waals surface area contributed by atoms with Crippen LogP contribution < -0.4 is 14.9 Å². The third-order valence-electron chi connectivity index (χ3n) is 4.51. The van der Waals surface area contributed by atoms with Gasteiger partial charge < -0.3 is 19.0 Å². The van der Waals surface area contributed by atoms with Crippen molar-refractivity contribution in [1.82, 2.24) is 0 Å². The molecule has 0 spiro atoms. The number of hydrogen-bond acceptors (Lipinski definition) is 6. The van der Waals surface area contributed by atoms with Crippen molar-refractivity contribution >= 4 is 16.9 Å². The summed E-state index contributed by atoms with van der Waals surface area (Å²) in [7, 11) is 0. The largest absolute Gasteiger partial charge is 0.507 e. The number of phenols is 1. The average molecular weight is 402 g/mol. The van der Waals surface area contributed by atoms with Crippen molar-refractivity contribution in [3.05, 3.63) is 88.8 Å². The Morgan fingerprint density at radius 1 is 1.00 bits per heavy atom. The van der Waals surface area contributed by atoms with Crippen molar-refractivity contribution in [2.45, 2.75) is 13.5 Å². The molecule has 0 atom stereocenters. The minimum Gasteiger partial charge on any atom is -0.507 e. The molecule has 0 radical (unpaired) electrons. The van der Waals surface area contributed by atoms with Gasteiger partial charge >= 0.3 is 5.97 Å². The summed E-state index contributed by atoms with van der Waals surface area (Å²) in [5.74, 6) is 0.121. The average Bonchev–Trinajstić information content (AvgIpc) is 2.73. The maximum absolute atomic E-state index is 13.0. The van der Waals surface area contributed by atoms with E-state index in [0.717, 1.165) is 5.56 Å². The minimum atomic E-state index is -0.428. The molecule has 150 valence electrons. The van der Waals surface area contributed by atoms with Crippen LogP contribution in [0.1, 0.15) is 12.5 Å². The fourth-order valence-corrected chi connectivity index (χ4v) is 3.10. The van der Waals surface area contributed by atoms with Crippen LogP contribution in [0.3, 0.4) is 0 Å². The first kappa shape index (κ1) is 19.3. The number of hydrogen-bond donors (Lipinski definition) is 1. The molecule has 1 N–H and O–H groups in total. The summed E-state index contributed by atoms with van der Waals surface area (Å²) in [6, 6.07) is 19.0. The molecular formula is C24H18O6. The molecule has 0 aliphatic heterocycles. The third-order valence-corrected chi connectivity index (χ3v) is 4.51. The summed E-state index contributed by atoms with van der Waals surface area (Å²) in [4.78, 5) is 24.0. The predicted octanol–water partition coefficient (Wildman–Crippen LogP) is 4.67. The van der Waals surface area contributed by atoms with Gasteiger partial charge in [0.15, 0.2) is 0 Å². The van der Waals surface area contributed by atoms with E-state index >= 15 is 0 Å². The van der Waals surface area contributed by atoms with Crippen molar-refractivity contribution in [3.63, 3.8) is 0 Å². The van der Waals surface area contributed by atoms with E-state index in [0.29, 0.717) is 23.7 Å². The van der Waals surface area contributed by atoms with Crippen LogP contribution in [0.2, 0.25) is 0 Å². The van der Waals surface area contributed by atoms with Gasteiger partial charge in [0.05, 0.1) is 5.56 Å². The number of aromatic hydroxyl groups is 1. The summed E-state index contributed by atoms with van der Waals surface area (Å²) in [5, 5.41) is 10.5. The van der Waals surface area contributed by atoms with Gasteiger partial charge in [0.1, 0.15) is 41.1 Å². The Balaban J connectivity index is 1.65. The number of carbonyl (C=O) groups is 1. The molecule has 1 aromatic heterocycles. The van der Waals surface area contributed by atoms with Crippen LogP contribution in [-0.2, 0) is 11.4 Å². The number of carbonyl (C=O) groups excluding carboxylic acids is 1. The van der Waals surface area contributed by atoms with Crippen LogP contribution >= 0.6 is 0 Å². The second kappa shape index (κ2) is 8.13. The van der Waals surface area contributed by atoms with Crippen LogP contribution in [0.5, 0.6) is 17.2 Å². The van der Waals surface area contributed by atoms with E-state index in [1.54, 1.807) is 30.3 Å². The Labute approximate surface area is 171 Å². The molecule has 4 rings (SSSR count). The predicted molar refractivity (Wildman–Crippen MR) is 112 cm³/mol. The van der Waals surface area contributed by atoms with Gasteiger partial charge in [-0.3, -0.25) is 9.59 Å². The van der Waals surface area contributed by atoms with Gasteiger partial charge in [0.25, 0.3) is 0 Å². The minimum absolute atomic E-state index is 0.0728. The highest BCUT2D eigenvalue weighted by atomic mass is 16.5. The number of phenolic OH excluding ortho intramolecular Hbond substituents is 1. The number of benzene rings is 3. The van der Waals surface area contributed by atoms with Crippen LogP contribution in [0, 0.1) is 0 Å². The van der Waals surface area contributed by atoms with Crippen molar-refractivity contribution in [3.8, 4) is 28.4 Å². The summed E-state index contributed by atoms with van der Waals surface area (Å²) in [6.45, 7) is 1.63. The standard InChI is InChI=1S/C24H18O6/c1-15(25)30-18-9-7-17(8-10-18)20-14-29-22-12-19(11-21(26)23(22)24(20)27)28-13-16-5-3-2-4-6-16/h2-12,14,26H,13H2,1H3. The van der Waals surface area contributed by atoms with E-state index < -0.39 is 5.97 Å². The summed E-state index contributed by atoms with van der Waals surface area (Å²) in [5.41, 5.74) is 1.69. The van der Waals surface area contributed by atoms with E-state index in [2.05, 4.69) is 0 Å². The van der Waals surface area contributed by atoms with Crippen molar-refractivity contribution in [1.29, 1.82) is 0 Å². The lowest BCUT2D eigenvalue weighted by Gasteiger charge is -2.09. The molecule has 3 aromatic carbocycles. The topological polar surface area (TPSA) is 86.0 Å². The SMILES string of the molecule is CC(=O)Oc1ccc(-c2coc3cc(OCc4ccccc4)cc(O)c3c2=O)cc1. The van der Waals surface area contributed by atoms with E-state index in [4.69, 9.17) is 13.9 Å². The Morgan fingerprint density at radius 2 is 1.73 bits per heavy atom. The lowest BCUT2D eigenvalue weighted by molar-refractivity contribution is -0.131. The molecule has 0 aliphatic carbocycles. The molecule has 0 amide bonds. The number of esters is 1. The van der Waals surface area contributed by atoms with Gasteiger partial charge in [-0.1, -0.05) is 42.5 Å². The van der Waals surface area contributed by atoms with Gasteiger partial charge in [-0.15, -0.1) is 0 Å². The number of ether oxygens (including phenoxy) is 2. The third kappa shape index (κ3) is 4.03. The van der Waals surface area contributed by atoms with Crippen LogP contribution in [-0.4, -0.2) is 11.1 Å². The van der Waals surface area contributed by atoms with Crippen molar-refractivity contribution < 1.29 is 23.8 Å². The highest BCUT2D eigenvalue weighted by Gasteiger charge is 2.15. The fourth-order valence-electron chi connectivity index (χ4n) is 3.10. The second-order valence-corrected chi connectivity index (χ2v) is 6.69. The zero-order valence-corrected chi connectivity index (χ0v) is 16.1. The highest BCUT2D eigenvalue weighted by molar-refractivity contribution is 5.88. The van der Waals surface area contributed by atoms with E-state index in [1.165, 1.54) is 19.3 Å². The summed E-state index contributed by atoms with van der Waals surface area (Å²) in [6.07, 6.45) is 1.34. The lowest BCUT2D eigenvalue weighted by atomic mass is 10.0. The van der Waals surface area contributed by atoms with Gasteiger partial charge in [-0.25, -0.2) is 0 Å². The molecule has 0 aliphatic rings. The Kier molecular flexibility index (Phi) is 5.22. The Hall–Kier alpha value is -4.06. The molecular weight excluding hydrogens is 384 g/mol. The smallest absolute Gasteiger partial charge is 0.308 e. The molecule has 0 unspecified atom stereocenters. The van der Waals surface area contributed by atoms with Crippen molar-refractivity contribution in [2.24, 2.45) is 0 Å². The first-order valence-corrected chi connectivity index (χ1v) is 9.25. The molecule has 0 saturated heterocycles. The van der Waals surface area contributed by atoms with Gasteiger partial charge in [-0.05, 0) is 23.3 Å². The highest BCUT2D eigenvalue weighted by Crippen LogP contribution is 2.31. The zero-order chi connectivity index (χ0) is 21.1. The molecule has 4 aromatic rings. The van der Waals surface area contributed by atoms with E-state index in [1.807, 2.05) is 30.3 Å². The maximum Gasteiger partial charge on any atom is 0.308 e. The van der Waals surface area contributed by atoms with Gasteiger partial charge in [0, 0.05) is 19.1 Å². The molecule has 0 fully saturated rings. The van der Waals surface area contributed by atoms with Crippen molar-refractivity contribution in [2.75, 3.05) is 0 Å². The van der Waals surface area contributed by atoms with Crippen LogP contribution in [0.15, 0.2) is 82.2 Å². The second-order valence-electron chi connectivity index (χ2n) is 6.69. The van der Waals surface area contributed by atoms with Crippen LogP contribution in [0.4, 0.5) is 0 Å². The quantitative estimate of drug-likeness (QED) is 0.386. The number of rotatable bonds is 5. The molecule has 0 bridgehead atoms. The van der Waals surface area contributed by atoms with Gasteiger partial charge in [-0.2, -0.15) is 0 Å². The van der Waals surface area contributed by atoms with Crippen LogP contribution in [0.25, 0.3) is 22.1 Å². The lowest BCUT2D eigenvalue weighted by Crippen LogP contribution is -2.06. The molecule has 6 heteroatoms. The monoisotopic (exact) mass is 402 g/mol. The Bertz CT molecular complexity index is 1260. The molecule has 30 heavy (non-hydrogen) atoms. The van der Waals surface area contributed by atoms with Gasteiger partial charge in [0.2, 0.25) is 5.43 Å². The maximum atomic E-state index is 13.0. The Morgan fingerprint density at radius 3 is 2.43 bits per heavy atom. The van der Waals surface area contributed by atoms with E-state index in [9.17, 15) is 14.7 Å². The molecule has 1 heterocycles. The molecule has 0 saturated carbocycles. The molecule has 6 nitrogen and oxygen atoms in total.